The second-order valence-electron chi connectivity index (χ2n) is 4.71. The van der Waals surface area contributed by atoms with Crippen LogP contribution in [0.4, 0.5) is 5.69 Å². The Morgan fingerprint density at radius 3 is 2.76 bits per heavy atom. The van der Waals surface area contributed by atoms with E-state index in [-0.39, 0.29) is 5.91 Å². The van der Waals surface area contributed by atoms with Gasteiger partial charge in [-0.05, 0) is 43.2 Å². The average Bonchev–Trinajstić information content (AvgIpc) is 2.49. The molecule has 4 heteroatoms. The van der Waals surface area contributed by atoms with Gasteiger partial charge >= 0.3 is 0 Å². The lowest BCUT2D eigenvalue weighted by Gasteiger charge is -2.09. The number of anilines is 1. The molecule has 1 aromatic carbocycles. The van der Waals surface area contributed by atoms with Gasteiger partial charge in [0.05, 0.1) is 6.54 Å². The van der Waals surface area contributed by atoms with Crippen molar-refractivity contribution in [3.05, 3.63) is 58.9 Å². The SMILES string of the molecule is Cc1ccc(C)c(NC(=O)c2ccc(C#CCN)cn2)c1. The van der Waals surface area contributed by atoms with Crippen molar-refractivity contribution in [2.45, 2.75) is 13.8 Å². The lowest BCUT2D eigenvalue weighted by Crippen LogP contribution is -2.14. The molecule has 2 rings (SSSR count). The number of aryl methyl sites for hydroxylation is 2. The molecule has 21 heavy (non-hydrogen) atoms. The predicted octanol–water partition coefficient (Wildman–Crippen LogP) is 2.26. The largest absolute Gasteiger partial charge is 0.320 e. The maximum atomic E-state index is 12.2. The highest BCUT2D eigenvalue weighted by Crippen LogP contribution is 2.17. The Kier molecular flexibility index (Phi) is 4.70. The van der Waals surface area contributed by atoms with E-state index < -0.39 is 0 Å². The van der Waals surface area contributed by atoms with Gasteiger partial charge in [-0.2, -0.15) is 0 Å². The fourth-order valence-electron chi connectivity index (χ4n) is 1.81. The normalized spacial score (nSPS) is 9.67. The number of rotatable bonds is 2. The number of aromatic nitrogens is 1. The van der Waals surface area contributed by atoms with Gasteiger partial charge in [0.2, 0.25) is 0 Å². The molecule has 106 valence electrons. The Balaban J connectivity index is 2.15. The number of hydrogen-bond acceptors (Lipinski definition) is 3. The summed E-state index contributed by atoms with van der Waals surface area (Å²) in [5.74, 6) is 5.38. The number of nitrogens with zero attached hydrogens (tertiary/aromatic N) is 1. The Hall–Kier alpha value is -2.64. The van der Waals surface area contributed by atoms with Gasteiger partial charge in [0, 0.05) is 17.4 Å². The minimum Gasteiger partial charge on any atom is -0.320 e. The summed E-state index contributed by atoms with van der Waals surface area (Å²) in [5, 5.41) is 2.87. The van der Waals surface area contributed by atoms with Gasteiger partial charge in [0.1, 0.15) is 5.69 Å². The summed E-state index contributed by atoms with van der Waals surface area (Å²) in [4.78, 5) is 16.3. The summed E-state index contributed by atoms with van der Waals surface area (Å²) in [6.07, 6.45) is 1.57. The first-order valence-corrected chi connectivity index (χ1v) is 6.64. The summed E-state index contributed by atoms with van der Waals surface area (Å²) in [5.41, 5.74) is 9.31. The van der Waals surface area contributed by atoms with Crippen molar-refractivity contribution in [3.63, 3.8) is 0 Å². The molecule has 0 fully saturated rings. The van der Waals surface area contributed by atoms with E-state index >= 15 is 0 Å². The molecule has 0 radical (unpaired) electrons. The number of carbonyl (C=O) groups is 1. The maximum Gasteiger partial charge on any atom is 0.274 e. The van der Waals surface area contributed by atoms with Gasteiger partial charge in [0.15, 0.2) is 0 Å². The van der Waals surface area contributed by atoms with Crippen LogP contribution in [0.15, 0.2) is 36.5 Å². The van der Waals surface area contributed by atoms with Crippen LogP contribution in [0.25, 0.3) is 0 Å². The van der Waals surface area contributed by atoms with Gasteiger partial charge in [-0.1, -0.05) is 24.0 Å². The van der Waals surface area contributed by atoms with Crippen molar-refractivity contribution >= 4 is 11.6 Å². The molecule has 0 aliphatic carbocycles. The molecule has 0 saturated carbocycles. The number of pyridine rings is 1. The van der Waals surface area contributed by atoms with Crippen molar-refractivity contribution in [2.75, 3.05) is 11.9 Å². The Morgan fingerprint density at radius 1 is 1.29 bits per heavy atom. The first-order valence-electron chi connectivity index (χ1n) is 6.64. The van der Waals surface area contributed by atoms with E-state index in [1.807, 2.05) is 32.0 Å². The fourth-order valence-corrected chi connectivity index (χ4v) is 1.81. The highest BCUT2D eigenvalue weighted by Gasteiger charge is 2.09. The van der Waals surface area contributed by atoms with E-state index in [2.05, 4.69) is 22.1 Å². The minimum atomic E-state index is -0.234. The van der Waals surface area contributed by atoms with Crippen molar-refractivity contribution < 1.29 is 4.79 Å². The lowest BCUT2D eigenvalue weighted by molar-refractivity contribution is 0.102. The molecule has 2 aromatic rings. The summed E-state index contributed by atoms with van der Waals surface area (Å²) in [6, 6.07) is 9.33. The molecular weight excluding hydrogens is 262 g/mol. The van der Waals surface area contributed by atoms with Crippen LogP contribution in [0.5, 0.6) is 0 Å². The van der Waals surface area contributed by atoms with Gasteiger partial charge in [0.25, 0.3) is 5.91 Å². The van der Waals surface area contributed by atoms with Gasteiger partial charge in [-0.3, -0.25) is 4.79 Å². The Bertz CT molecular complexity index is 709. The highest BCUT2D eigenvalue weighted by atomic mass is 16.1. The highest BCUT2D eigenvalue weighted by molar-refractivity contribution is 6.03. The third-order valence-electron chi connectivity index (χ3n) is 2.97. The monoisotopic (exact) mass is 279 g/mol. The van der Waals surface area contributed by atoms with E-state index in [0.717, 1.165) is 22.4 Å². The van der Waals surface area contributed by atoms with E-state index in [1.54, 1.807) is 18.3 Å². The van der Waals surface area contributed by atoms with Crippen molar-refractivity contribution in [3.8, 4) is 11.8 Å². The van der Waals surface area contributed by atoms with Crippen LogP contribution in [0.3, 0.4) is 0 Å². The van der Waals surface area contributed by atoms with Crippen LogP contribution in [0.1, 0.15) is 27.2 Å². The van der Waals surface area contributed by atoms with Gasteiger partial charge in [-0.15, -0.1) is 0 Å². The molecule has 0 atom stereocenters. The molecule has 0 bridgehead atoms. The Morgan fingerprint density at radius 2 is 2.10 bits per heavy atom. The first kappa shape index (κ1) is 14.8. The quantitative estimate of drug-likeness (QED) is 0.829. The number of hydrogen-bond donors (Lipinski definition) is 2. The van der Waals surface area contributed by atoms with Crippen molar-refractivity contribution in [1.82, 2.24) is 4.98 Å². The number of nitrogens with one attached hydrogen (secondary N) is 1. The van der Waals surface area contributed by atoms with Crippen LogP contribution in [0, 0.1) is 25.7 Å². The number of nitrogens with two attached hydrogens (primary N) is 1. The van der Waals surface area contributed by atoms with Gasteiger partial charge < -0.3 is 11.1 Å². The molecule has 0 aliphatic rings. The fraction of sp³-hybridized carbons (Fsp3) is 0.176. The van der Waals surface area contributed by atoms with E-state index in [9.17, 15) is 4.79 Å². The molecule has 4 nitrogen and oxygen atoms in total. The van der Waals surface area contributed by atoms with Crippen LogP contribution >= 0.6 is 0 Å². The molecule has 3 N–H and O–H groups in total. The average molecular weight is 279 g/mol. The van der Waals surface area contributed by atoms with Crippen molar-refractivity contribution in [1.29, 1.82) is 0 Å². The number of benzene rings is 1. The third kappa shape index (κ3) is 3.91. The van der Waals surface area contributed by atoms with Crippen molar-refractivity contribution in [2.24, 2.45) is 5.73 Å². The molecule has 1 heterocycles. The first-order chi connectivity index (χ1) is 10.1. The van der Waals surface area contributed by atoms with Crippen LogP contribution < -0.4 is 11.1 Å². The molecule has 0 unspecified atom stereocenters. The zero-order valence-electron chi connectivity index (χ0n) is 12.1. The maximum absolute atomic E-state index is 12.2. The molecule has 0 spiro atoms. The van der Waals surface area contributed by atoms with Crippen LogP contribution in [-0.4, -0.2) is 17.4 Å². The van der Waals surface area contributed by atoms with Crippen LogP contribution in [-0.2, 0) is 0 Å². The lowest BCUT2D eigenvalue weighted by atomic mass is 10.1. The smallest absolute Gasteiger partial charge is 0.274 e. The number of carbonyl (C=O) groups excluding carboxylic acids is 1. The second kappa shape index (κ2) is 6.69. The second-order valence-corrected chi connectivity index (χ2v) is 4.71. The molecule has 1 aromatic heterocycles. The molecule has 1 amide bonds. The topological polar surface area (TPSA) is 68.0 Å². The molecule has 0 saturated heterocycles. The summed E-state index contributed by atoms with van der Waals surface area (Å²) < 4.78 is 0. The summed E-state index contributed by atoms with van der Waals surface area (Å²) in [6.45, 7) is 4.24. The van der Waals surface area contributed by atoms with Crippen LogP contribution in [0.2, 0.25) is 0 Å². The number of amides is 1. The summed E-state index contributed by atoms with van der Waals surface area (Å²) >= 11 is 0. The third-order valence-corrected chi connectivity index (χ3v) is 2.97. The zero-order valence-corrected chi connectivity index (χ0v) is 12.1. The molecule has 0 aliphatic heterocycles. The summed E-state index contributed by atoms with van der Waals surface area (Å²) in [7, 11) is 0. The van der Waals surface area contributed by atoms with E-state index in [1.165, 1.54) is 0 Å². The van der Waals surface area contributed by atoms with E-state index in [4.69, 9.17) is 5.73 Å². The minimum absolute atomic E-state index is 0.234. The molecular formula is C17H17N3O. The van der Waals surface area contributed by atoms with Gasteiger partial charge in [-0.25, -0.2) is 4.98 Å². The predicted molar refractivity (Wildman–Crippen MR) is 84.0 cm³/mol. The zero-order chi connectivity index (χ0) is 15.2. The standard InChI is InChI=1S/C17H17N3O/c1-12-5-6-13(2)16(10-12)20-17(21)15-8-7-14(11-19-15)4-3-9-18/h5-8,10-11H,9,18H2,1-2H3,(H,20,21). The Labute approximate surface area is 124 Å². The van der Waals surface area contributed by atoms with E-state index in [0.29, 0.717) is 12.2 Å².